The van der Waals surface area contributed by atoms with Crippen LogP contribution in [0.5, 0.6) is 0 Å². The smallest absolute Gasteiger partial charge is 0.287 e. The second-order valence-corrected chi connectivity index (χ2v) is 6.56. The summed E-state index contributed by atoms with van der Waals surface area (Å²) in [6, 6.07) is 0.471. The van der Waals surface area contributed by atoms with Crippen LogP contribution in [-0.2, 0) is 6.54 Å². The average molecular weight is 296 g/mol. The lowest BCUT2D eigenvalue weighted by atomic mass is 9.95. The zero-order valence-corrected chi connectivity index (χ0v) is 12.7. The molecule has 0 saturated heterocycles. The van der Waals surface area contributed by atoms with Gasteiger partial charge in [-0.3, -0.25) is 4.79 Å². The van der Waals surface area contributed by atoms with E-state index in [1.54, 1.807) is 6.20 Å². The first-order chi connectivity index (χ1) is 9.69. The number of fused-ring (bicyclic) bond motifs is 2. The highest BCUT2D eigenvalue weighted by Gasteiger charge is 2.39. The van der Waals surface area contributed by atoms with Gasteiger partial charge in [0.15, 0.2) is 0 Å². The van der Waals surface area contributed by atoms with Gasteiger partial charge in [-0.05, 0) is 37.5 Å². The molecule has 20 heavy (non-hydrogen) atoms. The first-order valence-corrected chi connectivity index (χ1v) is 8.09. The number of rotatable bonds is 5. The zero-order chi connectivity index (χ0) is 14.1. The van der Waals surface area contributed by atoms with E-state index in [4.69, 9.17) is 11.6 Å². The van der Waals surface area contributed by atoms with Crippen molar-refractivity contribution in [3.63, 3.8) is 0 Å². The predicted octanol–water partition coefficient (Wildman–Crippen LogP) is 3.30. The molecule has 1 aromatic heterocycles. The van der Waals surface area contributed by atoms with Crippen molar-refractivity contribution in [2.45, 2.75) is 58.0 Å². The number of hydrogen-bond donors (Lipinski definition) is 1. The number of halogens is 1. The van der Waals surface area contributed by atoms with Crippen LogP contribution in [0.15, 0.2) is 11.0 Å². The molecule has 0 amide bonds. The van der Waals surface area contributed by atoms with Crippen molar-refractivity contribution in [1.29, 1.82) is 0 Å². The third kappa shape index (κ3) is 2.58. The van der Waals surface area contributed by atoms with E-state index in [0.717, 1.165) is 24.7 Å². The summed E-state index contributed by atoms with van der Waals surface area (Å²) < 4.78 is 1.47. The summed E-state index contributed by atoms with van der Waals surface area (Å²) in [6.07, 6.45) is 8.91. The Hall–Kier alpha value is -1.03. The number of nitrogens with one attached hydrogen (secondary N) is 1. The molecule has 1 heterocycles. The summed E-state index contributed by atoms with van der Waals surface area (Å²) in [5.74, 6) is 1.62. The SMILES string of the molecule is CCCCn1ncc(NC2CC3CCC2C3)c(Cl)c1=O. The van der Waals surface area contributed by atoms with E-state index in [2.05, 4.69) is 17.3 Å². The second kappa shape index (κ2) is 5.76. The highest BCUT2D eigenvalue weighted by molar-refractivity contribution is 6.32. The standard InChI is InChI=1S/C15H22ClN3O/c1-2-3-6-19-15(20)14(16)13(9-17-19)18-12-8-10-4-5-11(12)7-10/h9-12,18H,2-8H2,1H3. The predicted molar refractivity (Wildman–Crippen MR) is 81.3 cm³/mol. The first kappa shape index (κ1) is 13.9. The summed E-state index contributed by atoms with van der Waals surface area (Å²) in [7, 11) is 0. The van der Waals surface area contributed by atoms with Crippen LogP contribution in [0.2, 0.25) is 5.02 Å². The molecule has 0 radical (unpaired) electrons. The summed E-state index contributed by atoms with van der Waals surface area (Å²) in [5, 5.41) is 7.99. The molecular formula is C15H22ClN3O. The fourth-order valence-electron chi connectivity index (χ4n) is 3.65. The Labute approximate surface area is 124 Å². The van der Waals surface area contributed by atoms with E-state index in [0.29, 0.717) is 23.3 Å². The quantitative estimate of drug-likeness (QED) is 0.906. The maximum atomic E-state index is 12.2. The number of aryl methyl sites for hydroxylation is 1. The van der Waals surface area contributed by atoms with Crippen LogP contribution in [0.25, 0.3) is 0 Å². The third-order valence-electron chi connectivity index (χ3n) is 4.79. The summed E-state index contributed by atoms with van der Waals surface area (Å²) in [4.78, 5) is 12.2. The molecule has 2 aliphatic rings. The van der Waals surface area contributed by atoms with Gasteiger partial charge in [0.25, 0.3) is 5.56 Å². The van der Waals surface area contributed by atoms with Crippen molar-refractivity contribution in [3.8, 4) is 0 Å². The van der Waals surface area contributed by atoms with Gasteiger partial charge in [-0.1, -0.05) is 31.4 Å². The Morgan fingerprint density at radius 2 is 2.30 bits per heavy atom. The van der Waals surface area contributed by atoms with Gasteiger partial charge in [-0.25, -0.2) is 4.68 Å². The van der Waals surface area contributed by atoms with Crippen LogP contribution < -0.4 is 10.9 Å². The minimum atomic E-state index is -0.173. The van der Waals surface area contributed by atoms with E-state index in [1.807, 2.05) is 0 Å². The number of anilines is 1. The molecule has 1 N–H and O–H groups in total. The Morgan fingerprint density at radius 1 is 1.45 bits per heavy atom. The lowest BCUT2D eigenvalue weighted by Gasteiger charge is -2.24. The molecule has 3 unspecified atom stereocenters. The third-order valence-corrected chi connectivity index (χ3v) is 5.15. The first-order valence-electron chi connectivity index (χ1n) is 7.71. The summed E-state index contributed by atoms with van der Waals surface area (Å²) in [5.41, 5.74) is 0.537. The van der Waals surface area contributed by atoms with Gasteiger partial charge in [0.1, 0.15) is 5.02 Å². The summed E-state index contributed by atoms with van der Waals surface area (Å²) >= 11 is 6.22. The lowest BCUT2D eigenvalue weighted by Crippen LogP contribution is -2.29. The zero-order valence-electron chi connectivity index (χ0n) is 11.9. The Bertz CT molecular complexity index is 542. The Kier molecular flexibility index (Phi) is 4.01. The van der Waals surface area contributed by atoms with Crippen molar-refractivity contribution in [2.24, 2.45) is 11.8 Å². The number of hydrogen-bond acceptors (Lipinski definition) is 3. The van der Waals surface area contributed by atoms with Crippen LogP contribution >= 0.6 is 11.6 Å². The van der Waals surface area contributed by atoms with Gasteiger partial charge >= 0.3 is 0 Å². The number of unbranched alkanes of at least 4 members (excludes halogenated alkanes) is 1. The monoisotopic (exact) mass is 295 g/mol. The molecule has 0 aromatic carbocycles. The van der Waals surface area contributed by atoms with Crippen LogP contribution in [0.3, 0.4) is 0 Å². The normalized spacial score (nSPS) is 28.0. The van der Waals surface area contributed by atoms with E-state index in [9.17, 15) is 4.79 Å². The molecule has 4 nitrogen and oxygen atoms in total. The Morgan fingerprint density at radius 3 is 2.95 bits per heavy atom. The highest BCUT2D eigenvalue weighted by Crippen LogP contribution is 2.45. The highest BCUT2D eigenvalue weighted by atomic mass is 35.5. The van der Waals surface area contributed by atoms with E-state index in [1.165, 1.54) is 30.4 Å². The molecule has 0 spiro atoms. The minimum absolute atomic E-state index is 0.173. The lowest BCUT2D eigenvalue weighted by molar-refractivity contribution is 0.439. The fraction of sp³-hybridized carbons (Fsp3) is 0.733. The number of nitrogens with zero attached hydrogens (tertiary/aromatic N) is 2. The Balaban J connectivity index is 1.74. The molecule has 2 aliphatic carbocycles. The van der Waals surface area contributed by atoms with E-state index in [-0.39, 0.29) is 5.56 Å². The fourth-order valence-corrected chi connectivity index (χ4v) is 3.85. The van der Waals surface area contributed by atoms with Crippen molar-refractivity contribution < 1.29 is 0 Å². The van der Waals surface area contributed by atoms with Crippen LogP contribution in [-0.4, -0.2) is 15.8 Å². The molecule has 2 saturated carbocycles. The van der Waals surface area contributed by atoms with Gasteiger partial charge in [-0.15, -0.1) is 0 Å². The topological polar surface area (TPSA) is 46.9 Å². The van der Waals surface area contributed by atoms with Crippen molar-refractivity contribution in [2.75, 3.05) is 5.32 Å². The van der Waals surface area contributed by atoms with Gasteiger partial charge in [-0.2, -0.15) is 5.10 Å². The minimum Gasteiger partial charge on any atom is -0.379 e. The van der Waals surface area contributed by atoms with Crippen LogP contribution in [0.4, 0.5) is 5.69 Å². The van der Waals surface area contributed by atoms with Crippen LogP contribution in [0.1, 0.15) is 45.4 Å². The van der Waals surface area contributed by atoms with Crippen LogP contribution in [0, 0.1) is 11.8 Å². The van der Waals surface area contributed by atoms with Gasteiger partial charge in [0.05, 0.1) is 11.9 Å². The van der Waals surface area contributed by atoms with E-state index < -0.39 is 0 Å². The second-order valence-electron chi connectivity index (χ2n) is 6.18. The average Bonchev–Trinajstić information content (AvgIpc) is 3.05. The molecule has 0 aliphatic heterocycles. The van der Waals surface area contributed by atoms with Crippen molar-refractivity contribution in [3.05, 3.63) is 21.6 Å². The van der Waals surface area contributed by atoms with Crippen molar-refractivity contribution in [1.82, 2.24) is 9.78 Å². The molecule has 2 fully saturated rings. The molecular weight excluding hydrogens is 274 g/mol. The molecule has 110 valence electrons. The maximum absolute atomic E-state index is 12.2. The van der Waals surface area contributed by atoms with Gasteiger partial charge in [0.2, 0.25) is 0 Å². The van der Waals surface area contributed by atoms with Gasteiger partial charge < -0.3 is 5.32 Å². The number of aromatic nitrogens is 2. The largest absolute Gasteiger partial charge is 0.379 e. The molecule has 5 heteroatoms. The summed E-state index contributed by atoms with van der Waals surface area (Å²) in [6.45, 7) is 2.74. The van der Waals surface area contributed by atoms with Crippen molar-refractivity contribution >= 4 is 17.3 Å². The van der Waals surface area contributed by atoms with E-state index >= 15 is 0 Å². The van der Waals surface area contributed by atoms with Gasteiger partial charge in [0, 0.05) is 12.6 Å². The molecule has 2 bridgehead atoms. The maximum Gasteiger partial charge on any atom is 0.287 e. The molecule has 3 atom stereocenters. The molecule has 1 aromatic rings. The molecule has 3 rings (SSSR count).